The lowest BCUT2D eigenvalue weighted by Crippen LogP contribution is -2.41. The molecule has 1 saturated heterocycles. The zero-order valence-electron chi connectivity index (χ0n) is 13.0. The van der Waals surface area contributed by atoms with Gasteiger partial charge in [0.1, 0.15) is 0 Å². The quantitative estimate of drug-likeness (QED) is 0.458. The average Bonchev–Trinajstić information content (AvgIpc) is 3.29. The summed E-state index contributed by atoms with van der Waals surface area (Å²) in [5.74, 6) is -0.0149. The summed E-state index contributed by atoms with van der Waals surface area (Å²) < 4.78 is 23.3. The Morgan fingerprint density at radius 3 is 2.33 bits per heavy atom. The number of benzene rings is 1. The topological polar surface area (TPSA) is 97.6 Å². The van der Waals surface area contributed by atoms with E-state index in [0.29, 0.717) is 12.0 Å². The molecule has 128 valence electrons. The average molecular weight is 350 g/mol. The van der Waals surface area contributed by atoms with Crippen LogP contribution < -0.4 is 0 Å². The minimum atomic E-state index is -3.04. The molecule has 3 rings (SSSR count). The zero-order valence-corrected chi connectivity index (χ0v) is 13.8. The van der Waals surface area contributed by atoms with Crippen LogP contribution in [0.5, 0.6) is 0 Å². The number of sulfone groups is 1. The van der Waals surface area contributed by atoms with Crippen molar-refractivity contribution in [1.29, 1.82) is 0 Å². The van der Waals surface area contributed by atoms with Crippen molar-refractivity contribution in [2.24, 2.45) is 0 Å². The molecule has 7 nitrogen and oxygen atoms in total. The smallest absolute Gasteiger partial charge is 0.269 e. The van der Waals surface area contributed by atoms with Crippen molar-refractivity contribution in [3.05, 3.63) is 46.0 Å². The maximum atomic E-state index is 12.5. The summed E-state index contributed by atoms with van der Waals surface area (Å²) in [6.07, 6.45) is 5.34. The Morgan fingerprint density at radius 1 is 1.17 bits per heavy atom. The van der Waals surface area contributed by atoms with Crippen LogP contribution in [0.1, 0.15) is 24.8 Å². The molecule has 1 aliphatic carbocycles. The molecule has 1 aromatic rings. The largest absolute Gasteiger partial charge is 0.332 e. The highest BCUT2D eigenvalue weighted by Crippen LogP contribution is 2.32. The van der Waals surface area contributed by atoms with Crippen molar-refractivity contribution in [3.8, 4) is 0 Å². The highest BCUT2D eigenvalue weighted by Gasteiger charge is 2.41. The molecule has 2 fully saturated rings. The number of amides is 1. The Bertz CT molecular complexity index is 781. The third-order valence-corrected chi connectivity index (χ3v) is 6.07. The van der Waals surface area contributed by atoms with Gasteiger partial charge in [0.2, 0.25) is 5.91 Å². The van der Waals surface area contributed by atoms with E-state index in [1.54, 1.807) is 23.1 Å². The number of nitrogens with zero attached hydrogens (tertiary/aromatic N) is 2. The molecule has 2 aliphatic rings. The van der Waals surface area contributed by atoms with Crippen molar-refractivity contribution < 1.29 is 18.1 Å². The molecule has 0 aromatic heterocycles. The van der Waals surface area contributed by atoms with Gasteiger partial charge < -0.3 is 4.90 Å². The van der Waals surface area contributed by atoms with E-state index in [4.69, 9.17) is 0 Å². The number of carbonyl (C=O) groups excluding carboxylic acids is 1. The van der Waals surface area contributed by atoms with Crippen molar-refractivity contribution in [1.82, 2.24) is 4.90 Å². The Kier molecular flexibility index (Phi) is 4.40. The van der Waals surface area contributed by atoms with Crippen LogP contribution in [0.4, 0.5) is 5.69 Å². The van der Waals surface area contributed by atoms with E-state index in [0.717, 1.165) is 12.8 Å². The molecule has 1 aliphatic heterocycles. The summed E-state index contributed by atoms with van der Waals surface area (Å²) in [4.78, 5) is 24.4. The fourth-order valence-electron chi connectivity index (χ4n) is 2.97. The van der Waals surface area contributed by atoms with E-state index in [1.807, 2.05) is 0 Å². The summed E-state index contributed by atoms with van der Waals surface area (Å²) in [5, 5.41) is 10.6. The Morgan fingerprint density at radius 2 is 1.83 bits per heavy atom. The van der Waals surface area contributed by atoms with Crippen LogP contribution in [-0.2, 0) is 14.6 Å². The van der Waals surface area contributed by atoms with E-state index in [2.05, 4.69) is 0 Å². The van der Waals surface area contributed by atoms with Crippen molar-refractivity contribution >= 4 is 27.5 Å². The maximum absolute atomic E-state index is 12.5. The van der Waals surface area contributed by atoms with Crippen LogP contribution in [0.3, 0.4) is 0 Å². The highest BCUT2D eigenvalue weighted by molar-refractivity contribution is 7.91. The molecule has 0 bridgehead atoms. The first kappa shape index (κ1) is 16.6. The van der Waals surface area contributed by atoms with Gasteiger partial charge in [-0.3, -0.25) is 14.9 Å². The molecule has 0 spiro atoms. The lowest BCUT2D eigenvalue weighted by atomic mass is 10.1. The van der Waals surface area contributed by atoms with E-state index < -0.39 is 14.8 Å². The van der Waals surface area contributed by atoms with Gasteiger partial charge in [0.15, 0.2) is 9.84 Å². The van der Waals surface area contributed by atoms with Gasteiger partial charge >= 0.3 is 0 Å². The van der Waals surface area contributed by atoms with Crippen LogP contribution >= 0.6 is 0 Å². The molecule has 1 saturated carbocycles. The van der Waals surface area contributed by atoms with Crippen molar-refractivity contribution in [2.45, 2.75) is 31.3 Å². The molecule has 1 atom stereocenters. The predicted octanol–water partition coefficient (Wildman–Crippen LogP) is 1.79. The first-order chi connectivity index (χ1) is 11.4. The molecule has 0 N–H and O–H groups in total. The minimum absolute atomic E-state index is 0.00533. The van der Waals surface area contributed by atoms with Gasteiger partial charge in [-0.1, -0.05) is 0 Å². The fourth-order valence-corrected chi connectivity index (χ4v) is 4.68. The summed E-state index contributed by atoms with van der Waals surface area (Å²) in [7, 11) is -3.04. The predicted molar refractivity (Wildman–Crippen MR) is 89.1 cm³/mol. The van der Waals surface area contributed by atoms with Crippen LogP contribution in [-0.4, -0.2) is 47.7 Å². The summed E-state index contributed by atoms with van der Waals surface area (Å²) >= 11 is 0. The van der Waals surface area contributed by atoms with Crippen LogP contribution in [0.15, 0.2) is 30.3 Å². The SMILES string of the molecule is O=C(/C=C/c1ccc([N+](=O)[O-])cc1)N(C1CC1)C1CCS(=O)(=O)C1. The van der Waals surface area contributed by atoms with Gasteiger partial charge in [0, 0.05) is 30.3 Å². The van der Waals surface area contributed by atoms with Crippen molar-refractivity contribution in [2.75, 3.05) is 11.5 Å². The lowest BCUT2D eigenvalue weighted by molar-refractivity contribution is -0.384. The summed E-state index contributed by atoms with van der Waals surface area (Å²) in [5.41, 5.74) is 0.679. The third kappa shape index (κ3) is 3.81. The van der Waals surface area contributed by atoms with E-state index in [-0.39, 0.29) is 35.2 Å². The number of carbonyl (C=O) groups is 1. The van der Waals surface area contributed by atoms with E-state index in [1.165, 1.54) is 18.2 Å². The third-order valence-electron chi connectivity index (χ3n) is 4.32. The normalized spacial score (nSPS) is 22.6. The summed E-state index contributed by atoms with van der Waals surface area (Å²) in [6.45, 7) is 0. The Hall–Kier alpha value is -2.22. The van der Waals surface area contributed by atoms with Gasteiger partial charge in [-0.05, 0) is 43.0 Å². The molecule has 8 heteroatoms. The monoisotopic (exact) mass is 350 g/mol. The van der Waals surface area contributed by atoms with E-state index in [9.17, 15) is 23.3 Å². The Labute approximate surface area is 140 Å². The lowest BCUT2D eigenvalue weighted by Gasteiger charge is -2.27. The van der Waals surface area contributed by atoms with Crippen LogP contribution in [0, 0.1) is 10.1 Å². The first-order valence-electron chi connectivity index (χ1n) is 7.81. The molecule has 1 amide bonds. The fraction of sp³-hybridized carbons (Fsp3) is 0.438. The molecule has 1 heterocycles. The van der Waals surface area contributed by atoms with Crippen LogP contribution in [0.2, 0.25) is 0 Å². The van der Waals surface area contributed by atoms with Gasteiger partial charge in [-0.2, -0.15) is 0 Å². The highest BCUT2D eigenvalue weighted by atomic mass is 32.2. The second-order valence-electron chi connectivity index (χ2n) is 6.22. The number of hydrogen-bond donors (Lipinski definition) is 0. The molecule has 24 heavy (non-hydrogen) atoms. The van der Waals surface area contributed by atoms with Crippen LogP contribution in [0.25, 0.3) is 6.08 Å². The number of rotatable bonds is 5. The molecule has 0 radical (unpaired) electrons. The van der Waals surface area contributed by atoms with Crippen molar-refractivity contribution in [3.63, 3.8) is 0 Å². The van der Waals surface area contributed by atoms with Gasteiger partial charge in [0.25, 0.3) is 5.69 Å². The second-order valence-corrected chi connectivity index (χ2v) is 8.44. The molecule has 1 unspecified atom stereocenters. The second kappa shape index (κ2) is 6.35. The van der Waals surface area contributed by atoms with Gasteiger partial charge in [-0.25, -0.2) is 8.42 Å². The number of nitro groups is 1. The summed E-state index contributed by atoms with van der Waals surface area (Å²) in [6, 6.07) is 5.81. The minimum Gasteiger partial charge on any atom is -0.332 e. The van der Waals surface area contributed by atoms with E-state index >= 15 is 0 Å². The molecule has 1 aromatic carbocycles. The zero-order chi connectivity index (χ0) is 17.3. The molecular weight excluding hydrogens is 332 g/mol. The first-order valence-corrected chi connectivity index (χ1v) is 9.63. The number of nitro benzene ring substituents is 1. The maximum Gasteiger partial charge on any atom is 0.269 e. The van der Waals surface area contributed by atoms with Gasteiger partial charge in [-0.15, -0.1) is 0 Å². The number of hydrogen-bond acceptors (Lipinski definition) is 5. The Balaban J connectivity index is 1.70. The number of non-ortho nitro benzene ring substituents is 1. The molecular formula is C16H18N2O5S. The van der Waals surface area contributed by atoms with Gasteiger partial charge in [0.05, 0.1) is 16.4 Å². The standard InChI is InChI=1S/C16H18N2O5S/c19-16(8-3-12-1-4-14(5-2-12)18(20)21)17(13-6-7-13)15-9-10-24(22,23)11-15/h1-5,8,13,15H,6-7,9-11H2/b8-3+.